The minimum atomic E-state index is -0.111. The van der Waals surface area contributed by atoms with Crippen LogP contribution in [0.3, 0.4) is 0 Å². The Balaban J connectivity index is 1.55. The van der Waals surface area contributed by atoms with Crippen molar-refractivity contribution in [2.75, 3.05) is 14.2 Å². The smallest absolute Gasteiger partial charge is 0.258 e. The topological polar surface area (TPSA) is 61.5 Å². The Labute approximate surface area is 186 Å². The van der Waals surface area contributed by atoms with Crippen LogP contribution in [0.1, 0.15) is 27.2 Å². The summed E-state index contributed by atoms with van der Waals surface area (Å²) in [7, 11) is 3.11. The summed E-state index contributed by atoms with van der Waals surface area (Å²) in [5, 5.41) is 4.93. The third-order valence-corrected chi connectivity index (χ3v) is 5.84. The second-order valence-corrected chi connectivity index (χ2v) is 7.74. The number of ether oxygens (including phenoxy) is 2. The Hall–Kier alpha value is -4.00. The monoisotopic (exact) mass is 428 g/mol. The van der Waals surface area contributed by atoms with Crippen LogP contribution in [0.2, 0.25) is 0 Å². The molecule has 0 N–H and O–H groups in total. The summed E-state index contributed by atoms with van der Waals surface area (Å²) in [6.45, 7) is 2.97. The van der Waals surface area contributed by atoms with Gasteiger partial charge in [-0.1, -0.05) is 24.3 Å². The van der Waals surface area contributed by atoms with E-state index in [9.17, 15) is 4.79 Å². The van der Waals surface area contributed by atoms with E-state index >= 15 is 0 Å². The molecule has 1 aliphatic heterocycles. The number of rotatable bonds is 5. The van der Waals surface area contributed by atoms with Crippen LogP contribution < -0.4 is 9.47 Å². The number of hydrogen-bond acceptors (Lipinski definition) is 4. The minimum absolute atomic E-state index is 0.111. The van der Waals surface area contributed by atoms with E-state index in [0.717, 1.165) is 28.3 Å². The zero-order chi connectivity index (χ0) is 22.2. The Morgan fingerprint density at radius 3 is 2.44 bits per heavy atom. The largest absolute Gasteiger partial charge is 0.493 e. The first-order valence-corrected chi connectivity index (χ1v) is 10.4. The lowest BCUT2D eigenvalue weighted by Crippen LogP contribution is -2.27. The van der Waals surface area contributed by atoms with Crippen molar-refractivity contribution in [2.24, 2.45) is 0 Å². The van der Waals surface area contributed by atoms with Crippen LogP contribution in [-0.4, -0.2) is 39.4 Å². The summed E-state index contributed by atoms with van der Waals surface area (Å²) < 4.78 is 14.9. The number of nitrogens with zero attached hydrogens (tertiary/aromatic N) is 4. The van der Waals surface area contributed by atoms with E-state index in [-0.39, 0.29) is 5.91 Å². The lowest BCUT2D eigenvalue weighted by atomic mass is 10.1. The molecule has 0 bridgehead atoms. The molecule has 0 saturated heterocycles. The van der Waals surface area contributed by atoms with Crippen molar-refractivity contribution < 1.29 is 14.3 Å². The van der Waals surface area contributed by atoms with Crippen molar-refractivity contribution in [3.63, 3.8) is 0 Å². The second kappa shape index (κ2) is 7.92. The molecule has 1 aliphatic rings. The first kappa shape index (κ1) is 19.9. The lowest BCUT2D eigenvalue weighted by molar-refractivity contribution is 0.0745. The Morgan fingerprint density at radius 2 is 1.72 bits per heavy atom. The lowest BCUT2D eigenvalue weighted by Gasteiger charge is -2.20. The molecule has 0 fully saturated rings. The van der Waals surface area contributed by atoms with E-state index in [1.165, 1.54) is 0 Å². The number of hydrogen-bond donors (Lipinski definition) is 0. The molecule has 7 heteroatoms. The Bertz CT molecular complexity index is 1290. The average molecular weight is 428 g/mol. The van der Waals surface area contributed by atoms with Gasteiger partial charge in [0.25, 0.3) is 5.91 Å². The normalized spacial score (nSPS) is 12.7. The molecule has 4 aromatic rings. The summed E-state index contributed by atoms with van der Waals surface area (Å²) in [6, 6.07) is 17.5. The molecular formula is C25H24N4O3. The fourth-order valence-electron chi connectivity index (χ4n) is 4.28. The first-order valence-electron chi connectivity index (χ1n) is 10.4. The van der Waals surface area contributed by atoms with Crippen molar-refractivity contribution in [3.8, 4) is 23.0 Å². The molecule has 2 aromatic heterocycles. The van der Waals surface area contributed by atoms with Crippen LogP contribution in [0.5, 0.6) is 11.5 Å². The highest BCUT2D eigenvalue weighted by atomic mass is 16.5. The summed E-state index contributed by atoms with van der Waals surface area (Å²) >= 11 is 0. The molecule has 2 aromatic carbocycles. The van der Waals surface area contributed by atoms with E-state index in [1.54, 1.807) is 37.3 Å². The summed E-state index contributed by atoms with van der Waals surface area (Å²) in [5.41, 5.74) is 4.58. The number of carbonyl (C=O) groups excluding carboxylic acids is 1. The summed E-state index contributed by atoms with van der Waals surface area (Å²) in [6.07, 6.45) is 4.00. The molecule has 3 heterocycles. The molecule has 1 amide bonds. The zero-order valence-electron chi connectivity index (χ0n) is 18.3. The van der Waals surface area contributed by atoms with Crippen LogP contribution in [0, 0.1) is 6.92 Å². The summed E-state index contributed by atoms with van der Waals surface area (Å²) in [4.78, 5) is 15.2. The first-order chi connectivity index (χ1) is 15.6. The predicted octanol–water partition coefficient (Wildman–Crippen LogP) is 4.14. The van der Waals surface area contributed by atoms with Crippen molar-refractivity contribution >= 4 is 5.91 Å². The fourth-order valence-corrected chi connectivity index (χ4v) is 4.28. The van der Waals surface area contributed by atoms with E-state index in [1.807, 2.05) is 41.3 Å². The third kappa shape index (κ3) is 3.13. The highest BCUT2D eigenvalue weighted by Crippen LogP contribution is 2.35. The van der Waals surface area contributed by atoms with Crippen LogP contribution >= 0.6 is 0 Å². The molecule has 0 aliphatic carbocycles. The molecule has 162 valence electrons. The fraction of sp³-hybridized carbons (Fsp3) is 0.200. The maximum atomic E-state index is 13.4. The van der Waals surface area contributed by atoms with Gasteiger partial charge in [-0.25, -0.2) is 4.68 Å². The van der Waals surface area contributed by atoms with Gasteiger partial charge in [0.05, 0.1) is 44.3 Å². The van der Waals surface area contributed by atoms with Gasteiger partial charge in [-0.15, -0.1) is 0 Å². The van der Waals surface area contributed by atoms with Crippen molar-refractivity contribution in [1.82, 2.24) is 19.2 Å². The molecule has 7 nitrogen and oxygen atoms in total. The number of carbonyl (C=O) groups is 1. The highest BCUT2D eigenvalue weighted by Gasteiger charge is 2.33. The number of methoxy groups -OCH3 is 2. The van der Waals surface area contributed by atoms with E-state index in [0.29, 0.717) is 30.2 Å². The Kier molecular flexibility index (Phi) is 4.93. The average Bonchev–Trinajstić information content (AvgIpc) is 3.54. The number of aryl methyl sites for hydroxylation is 1. The van der Waals surface area contributed by atoms with Gasteiger partial charge < -0.3 is 18.9 Å². The van der Waals surface area contributed by atoms with Gasteiger partial charge >= 0.3 is 0 Å². The number of fused-ring (bicyclic) bond motifs is 1. The second-order valence-electron chi connectivity index (χ2n) is 7.74. The van der Waals surface area contributed by atoms with Crippen molar-refractivity contribution in [1.29, 1.82) is 0 Å². The van der Waals surface area contributed by atoms with E-state index in [4.69, 9.17) is 14.6 Å². The number of amides is 1. The number of aromatic nitrogens is 3. The molecule has 0 atom stereocenters. The SMILES string of the molecule is COc1cccc(C(=O)N2Cc3nn(-c4ccccc4C)c(-n4cccc4)c3C2)c1OC. The summed E-state index contributed by atoms with van der Waals surface area (Å²) in [5.74, 6) is 1.82. The van der Waals surface area contributed by atoms with Gasteiger partial charge in [0.1, 0.15) is 5.82 Å². The predicted molar refractivity (Wildman–Crippen MR) is 121 cm³/mol. The molecule has 32 heavy (non-hydrogen) atoms. The van der Waals surface area contributed by atoms with Gasteiger partial charge in [-0.3, -0.25) is 4.79 Å². The molecular weight excluding hydrogens is 404 g/mol. The quantitative estimate of drug-likeness (QED) is 0.479. The number of para-hydroxylation sites is 2. The molecule has 0 spiro atoms. The van der Waals surface area contributed by atoms with Gasteiger partial charge in [0.15, 0.2) is 11.5 Å². The van der Waals surface area contributed by atoms with E-state index in [2.05, 4.69) is 23.6 Å². The van der Waals surface area contributed by atoms with Crippen molar-refractivity contribution in [3.05, 3.63) is 89.4 Å². The van der Waals surface area contributed by atoms with Gasteiger partial charge in [-0.05, 0) is 42.8 Å². The van der Waals surface area contributed by atoms with Crippen LogP contribution in [0.25, 0.3) is 11.5 Å². The highest BCUT2D eigenvalue weighted by molar-refractivity contribution is 5.98. The Morgan fingerprint density at radius 1 is 0.938 bits per heavy atom. The van der Waals surface area contributed by atoms with Gasteiger partial charge in [0, 0.05) is 18.0 Å². The molecule has 0 radical (unpaired) electrons. The van der Waals surface area contributed by atoms with Gasteiger partial charge in [0.2, 0.25) is 0 Å². The maximum Gasteiger partial charge on any atom is 0.258 e. The van der Waals surface area contributed by atoms with E-state index < -0.39 is 0 Å². The minimum Gasteiger partial charge on any atom is -0.493 e. The van der Waals surface area contributed by atoms with Crippen LogP contribution in [-0.2, 0) is 13.1 Å². The number of benzene rings is 2. The zero-order valence-corrected chi connectivity index (χ0v) is 18.3. The molecule has 0 unspecified atom stereocenters. The molecule has 5 rings (SSSR count). The molecule has 0 saturated carbocycles. The van der Waals surface area contributed by atoms with Crippen LogP contribution in [0.4, 0.5) is 0 Å². The third-order valence-electron chi connectivity index (χ3n) is 5.84. The van der Waals surface area contributed by atoms with Crippen LogP contribution in [0.15, 0.2) is 67.0 Å². The standard InChI is InChI=1S/C25H24N4O3/c1-17-9-4-5-11-21(17)29-24(27-13-6-7-14-27)19-15-28(16-20(19)26-29)25(30)18-10-8-12-22(31-2)23(18)32-3/h4-14H,15-16H2,1-3H3. The van der Waals surface area contributed by atoms with Gasteiger partial charge in [-0.2, -0.15) is 5.10 Å². The van der Waals surface area contributed by atoms with Crippen molar-refractivity contribution in [2.45, 2.75) is 20.0 Å². The maximum absolute atomic E-state index is 13.4.